The molecule has 0 aliphatic carbocycles. The third-order valence-corrected chi connectivity index (χ3v) is 4.36. The van der Waals surface area contributed by atoms with Crippen molar-refractivity contribution in [2.45, 2.75) is 45.0 Å². The summed E-state index contributed by atoms with van der Waals surface area (Å²) in [7, 11) is 0. The summed E-state index contributed by atoms with van der Waals surface area (Å²) in [5, 5.41) is 0. The van der Waals surface area contributed by atoms with Crippen LogP contribution in [0.4, 0.5) is 13.2 Å². The molecule has 0 radical (unpaired) electrons. The van der Waals surface area contributed by atoms with Crippen LogP contribution in [0.5, 0.6) is 5.75 Å². The van der Waals surface area contributed by atoms with E-state index in [-0.39, 0.29) is 36.5 Å². The number of nitrogens with two attached hydrogens (primary N) is 1. The molecule has 1 aliphatic rings. The number of likely N-dealkylation sites (tertiary alicyclic amines) is 1. The third kappa shape index (κ3) is 5.40. The zero-order valence-electron chi connectivity index (χ0n) is 13.7. The van der Waals surface area contributed by atoms with E-state index >= 15 is 0 Å². The molecular formula is C17H23F3N2O2. The van der Waals surface area contributed by atoms with Crippen molar-refractivity contribution in [2.24, 2.45) is 11.7 Å². The van der Waals surface area contributed by atoms with Crippen LogP contribution in [0.15, 0.2) is 24.3 Å². The van der Waals surface area contributed by atoms with Gasteiger partial charge in [-0.25, -0.2) is 0 Å². The number of piperidine rings is 1. The molecule has 1 fully saturated rings. The number of hydrogen-bond acceptors (Lipinski definition) is 3. The SMILES string of the molecule is C[C@@H](N)[C@H]1CCCN(C(=O)CCc2ccccc2OC(F)(F)F)C1. The molecule has 0 saturated carbocycles. The first-order chi connectivity index (χ1) is 11.3. The standard InChI is InChI=1S/C17H23F3N2O2/c1-12(21)14-6-4-10-22(11-14)16(23)9-8-13-5-2-3-7-15(13)24-17(18,19)20/h2-3,5,7,12,14H,4,6,8-11,21H2,1H3/t12-,14+/m1/s1. The largest absolute Gasteiger partial charge is 0.573 e. The van der Waals surface area contributed by atoms with Gasteiger partial charge in [-0.1, -0.05) is 18.2 Å². The van der Waals surface area contributed by atoms with Gasteiger partial charge in [0.1, 0.15) is 5.75 Å². The smallest absolute Gasteiger partial charge is 0.406 e. The van der Waals surface area contributed by atoms with Crippen molar-refractivity contribution in [3.05, 3.63) is 29.8 Å². The minimum Gasteiger partial charge on any atom is -0.406 e. The van der Waals surface area contributed by atoms with Crippen molar-refractivity contribution in [1.82, 2.24) is 4.90 Å². The molecule has 24 heavy (non-hydrogen) atoms. The quantitative estimate of drug-likeness (QED) is 0.893. The van der Waals surface area contributed by atoms with Crippen molar-refractivity contribution in [3.63, 3.8) is 0 Å². The number of para-hydroxylation sites is 1. The molecule has 2 N–H and O–H groups in total. The molecule has 2 atom stereocenters. The number of carbonyl (C=O) groups is 1. The highest BCUT2D eigenvalue weighted by molar-refractivity contribution is 5.76. The Balaban J connectivity index is 1.94. The molecule has 134 valence electrons. The number of ether oxygens (including phenoxy) is 1. The van der Waals surface area contributed by atoms with E-state index < -0.39 is 6.36 Å². The van der Waals surface area contributed by atoms with E-state index in [1.807, 2.05) is 6.92 Å². The number of rotatable bonds is 5. The zero-order valence-corrected chi connectivity index (χ0v) is 13.7. The molecule has 1 saturated heterocycles. The molecule has 0 unspecified atom stereocenters. The van der Waals surface area contributed by atoms with Crippen LogP contribution in [0.1, 0.15) is 31.7 Å². The van der Waals surface area contributed by atoms with Crippen molar-refractivity contribution in [3.8, 4) is 5.75 Å². The van der Waals surface area contributed by atoms with Crippen LogP contribution in [-0.4, -0.2) is 36.3 Å². The molecule has 1 aromatic rings. The number of amides is 1. The Kier molecular flexibility index (Phi) is 6.10. The normalized spacial score (nSPS) is 19.9. The number of aryl methyl sites for hydroxylation is 1. The second-order valence-corrected chi connectivity index (χ2v) is 6.26. The van der Waals surface area contributed by atoms with Gasteiger partial charge in [0.2, 0.25) is 5.91 Å². The van der Waals surface area contributed by atoms with Gasteiger partial charge < -0.3 is 15.4 Å². The van der Waals surface area contributed by atoms with Crippen LogP contribution in [0.25, 0.3) is 0 Å². The van der Waals surface area contributed by atoms with Gasteiger partial charge in [0.15, 0.2) is 0 Å². The van der Waals surface area contributed by atoms with E-state index in [4.69, 9.17) is 5.73 Å². The summed E-state index contributed by atoms with van der Waals surface area (Å²) in [6, 6.07) is 5.96. The van der Waals surface area contributed by atoms with Crippen LogP contribution < -0.4 is 10.5 Å². The van der Waals surface area contributed by atoms with Crippen LogP contribution in [0.3, 0.4) is 0 Å². The van der Waals surface area contributed by atoms with Gasteiger partial charge in [0, 0.05) is 25.6 Å². The fraction of sp³-hybridized carbons (Fsp3) is 0.588. The summed E-state index contributed by atoms with van der Waals surface area (Å²) in [4.78, 5) is 14.1. The van der Waals surface area contributed by atoms with Crippen molar-refractivity contribution < 1.29 is 22.7 Å². The van der Waals surface area contributed by atoms with Crippen LogP contribution in [0, 0.1) is 5.92 Å². The second kappa shape index (κ2) is 7.88. The Morgan fingerprint density at radius 2 is 2.12 bits per heavy atom. The van der Waals surface area contributed by atoms with Crippen LogP contribution >= 0.6 is 0 Å². The van der Waals surface area contributed by atoms with Gasteiger partial charge in [-0.05, 0) is 43.7 Å². The average molecular weight is 344 g/mol. The van der Waals surface area contributed by atoms with Crippen molar-refractivity contribution in [1.29, 1.82) is 0 Å². The molecule has 1 aromatic carbocycles. The monoisotopic (exact) mass is 344 g/mol. The molecule has 1 aliphatic heterocycles. The fourth-order valence-corrected chi connectivity index (χ4v) is 3.00. The Hall–Kier alpha value is -1.76. The minimum absolute atomic E-state index is 0.0292. The zero-order chi connectivity index (χ0) is 17.7. The Bertz CT molecular complexity index is 561. The number of halogens is 3. The van der Waals surface area contributed by atoms with Crippen LogP contribution in [-0.2, 0) is 11.2 Å². The highest BCUT2D eigenvalue weighted by Gasteiger charge is 2.32. The molecule has 1 amide bonds. The van der Waals surface area contributed by atoms with E-state index in [0.717, 1.165) is 12.8 Å². The predicted molar refractivity (Wildman–Crippen MR) is 84.4 cm³/mol. The van der Waals surface area contributed by atoms with Crippen molar-refractivity contribution in [2.75, 3.05) is 13.1 Å². The average Bonchev–Trinajstić information content (AvgIpc) is 2.52. The van der Waals surface area contributed by atoms with Gasteiger partial charge in [-0.15, -0.1) is 13.2 Å². The van der Waals surface area contributed by atoms with E-state index in [1.165, 1.54) is 12.1 Å². The lowest BCUT2D eigenvalue weighted by Crippen LogP contribution is -2.45. The maximum Gasteiger partial charge on any atom is 0.573 e. The maximum atomic E-state index is 12.4. The summed E-state index contributed by atoms with van der Waals surface area (Å²) in [6.45, 7) is 3.24. The highest BCUT2D eigenvalue weighted by Crippen LogP contribution is 2.27. The number of carbonyl (C=O) groups excluding carboxylic acids is 1. The summed E-state index contributed by atoms with van der Waals surface area (Å²) in [6.07, 6.45) is -2.46. The molecule has 0 bridgehead atoms. The van der Waals surface area contributed by atoms with E-state index in [0.29, 0.717) is 18.7 Å². The van der Waals surface area contributed by atoms with E-state index in [2.05, 4.69) is 4.74 Å². The fourth-order valence-electron chi connectivity index (χ4n) is 3.00. The van der Waals surface area contributed by atoms with Gasteiger partial charge in [0.25, 0.3) is 0 Å². The van der Waals surface area contributed by atoms with E-state index in [9.17, 15) is 18.0 Å². The molecule has 4 nitrogen and oxygen atoms in total. The summed E-state index contributed by atoms with van der Waals surface area (Å²) in [5.74, 6) is -0.0180. The first kappa shape index (κ1) is 18.6. The van der Waals surface area contributed by atoms with Crippen molar-refractivity contribution >= 4 is 5.91 Å². The summed E-state index contributed by atoms with van der Waals surface area (Å²) >= 11 is 0. The molecule has 1 heterocycles. The van der Waals surface area contributed by atoms with Gasteiger partial charge >= 0.3 is 6.36 Å². The van der Waals surface area contributed by atoms with Gasteiger partial charge in [-0.3, -0.25) is 4.79 Å². The minimum atomic E-state index is -4.74. The molecule has 2 rings (SSSR count). The maximum absolute atomic E-state index is 12.4. The topological polar surface area (TPSA) is 55.6 Å². The van der Waals surface area contributed by atoms with Gasteiger partial charge in [-0.2, -0.15) is 0 Å². The summed E-state index contributed by atoms with van der Waals surface area (Å²) in [5.41, 5.74) is 6.29. The predicted octanol–water partition coefficient (Wildman–Crippen LogP) is 3.10. The Labute approximate surface area is 139 Å². The first-order valence-corrected chi connectivity index (χ1v) is 8.13. The molecule has 7 heteroatoms. The number of nitrogens with zero attached hydrogens (tertiary/aromatic N) is 1. The lowest BCUT2D eigenvalue weighted by molar-refractivity contribution is -0.274. The molecule has 0 spiro atoms. The summed E-state index contributed by atoms with van der Waals surface area (Å²) < 4.78 is 41.3. The number of benzene rings is 1. The Morgan fingerprint density at radius 1 is 1.42 bits per heavy atom. The Morgan fingerprint density at radius 3 is 2.79 bits per heavy atom. The lowest BCUT2D eigenvalue weighted by atomic mass is 9.92. The third-order valence-electron chi connectivity index (χ3n) is 4.36. The lowest BCUT2D eigenvalue weighted by Gasteiger charge is -2.34. The highest BCUT2D eigenvalue weighted by atomic mass is 19.4. The van der Waals surface area contributed by atoms with E-state index in [1.54, 1.807) is 17.0 Å². The number of alkyl halides is 3. The van der Waals surface area contributed by atoms with Crippen LogP contribution in [0.2, 0.25) is 0 Å². The second-order valence-electron chi connectivity index (χ2n) is 6.26. The van der Waals surface area contributed by atoms with Gasteiger partial charge in [0.05, 0.1) is 0 Å². The number of hydrogen-bond donors (Lipinski definition) is 1. The molecule has 0 aromatic heterocycles. The first-order valence-electron chi connectivity index (χ1n) is 8.13. The molecular weight excluding hydrogens is 321 g/mol.